The summed E-state index contributed by atoms with van der Waals surface area (Å²) in [5.74, 6) is -1.74. The van der Waals surface area contributed by atoms with Crippen LogP contribution in [0.3, 0.4) is 0 Å². The van der Waals surface area contributed by atoms with Crippen molar-refractivity contribution in [3.05, 3.63) is 59.7 Å². The Bertz CT molecular complexity index is 730. The lowest BCUT2D eigenvalue weighted by atomic mass is 10.1. The summed E-state index contributed by atoms with van der Waals surface area (Å²) in [6.07, 6.45) is -4.75. The lowest BCUT2D eigenvalue weighted by molar-refractivity contribution is -0.274. The minimum Gasteiger partial charge on any atom is -0.406 e. The number of hydrogen-bond acceptors (Lipinski definition) is 2. The second-order valence-corrected chi connectivity index (χ2v) is 4.91. The van der Waals surface area contributed by atoms with E-state index < -0.39 is 18.0 Å². The number of benzene rings is 2. The van der Waals surface area contributed by atoms with Crippen molar-refractivity contribution in [2.24, 2.45) is 10.7 Å². The molecular formula is C16H15F5IN3O. The third kappa shape index (κ3) is 7.02. The summed E-state index contributed by atoms with van der Waals surface area (Å²) in [6.45, 7) is 0.0337. The number of guanidine groups is 1. The zero-order valence-electron chi connectivity index (χ0n) is 13.2. The van der Waals surface area contributed by atoms with Crippen LogP contribution in [0.5, 0.6) is 5.75 Å². The second-order valence-electron chi connectivity index (χ2n) is 4.91. The van der Waals surface area contributed by atoms with E-state index in [0.717, 1.165) is 24.3 Å². The van der Waals surface area contributed by atoms with Gasteiger partial charge in [-0.2, -0.15) is 0 Å². The van der Waals surface area contributed by atoms with E-state index in [4.69, 9.17) is 5.73 Å². The van der Waals surface area contributed by atoms with E-state index in [1.54, 1.807) is 0 Å². The van der Waals surface area contributed by atoms with Crippen LogP contribution < -0.4 is 15.8 Å². The van der Waals surface area contributed by atoms with E-state index in [9.17, 15) is 22.0 Å². The lowest BCUT2D eigenvalue weighted by Gasteiger charge is -2.10. The molecule has 0 unspecified atom stereocenters. The summed E-state index contributed by atoms with van der Waals surface area (Å²) in [4.78, 5) is 3.92. The predicted molar refractivity (Wildman–Crippen MR) is 98.7 cm³/mol. The first kappa shape index (κ1) is 21.9. The van der Waals surface area contributed by atoms with Crippen LogP contribution in [0.15, 0.2) is 47.5 Å². The third-order valence-corrected chi connectivity index (χ3v) is 3.07. The van der Waals surface area contributed by atoms with E-state index in [1.165, 1.54) is 18.2 Å². The lowest BCUT2D eigenvalue weighted by Crippen LogP contribution is -2.23. The Morgan fingerprint density at radius 1 is 1.04 bits per heavy atom. The summed E-state index contributed by atoms with van der Waals surface area (Å²) < 4.78 is 66.8. The van der Waals surface area contributed by atoms with Crippen molar-refractivity contribution in [1.29, 1.82) is 0 Å². The predicted octanol–water partition coefficient (Wildman–Crippen LogP) is 4.45. The number of halogens is 6. The molecule has 2 aromatic rings. The molecule has 0 amide bonds. The summed E-state index contributed by atoms with van der Waals surface area (Å²) >= 11 is 0. The van der Waals surface area contributed by atoms with Crippen LogP contribution >= 0.6 is 24.0 Å². The van der Waals surface area contributed by atoms with E-state index in [2.05, 4.69) is 15.0 Å². The smallest absolute Gasteiger partial charge is 0.406 e. The fourth-order valence-corrected chi connectivity index (χ4v) is 1.99. The van der Waals surface area contributed by atoms with Crippen molar-refractivity contribution in [3.8, 4) is 5.75 Å². The quantitative estimate of drug-likeness (QED) is 0.284. The van der Waals surface area contributed by atoms with E-state index in [1.807, 2.05) is 0 Å². The molecule has 0 atom stereocenters. The molecule has 2 aromatic carbocycles. The van der Waals surface area contributed by atoms with Gasteiger partial charge in [0.2, 0.25) is 0 Å². The molecule has 0 bridgehead atoms. The molecule has 0 radical (unpaired) electrons. The molecule has 142 valence electrons. The van der Waals surface area contributed by atoms with Crippen molar-refractivity contribution < 1.29 is 26.7 Å². The highest BCUT2D eigenvalue weighted by Crippen LogP contribution is 2.23. The number of aliphatic imine (C=N–C) groups is 1. The van der Waals surface area contributed by atoms with Gasteiger partial charge < -0.3 is 15.8 Å². The first-order valence-corrected chi connectivity index (χ1v) is 7.10. The molecule has 0 saturated carbocycles. The van der Waals surface area contributed by atoms with Gasteiger partial charge in [0.25, 0.3) is 0 Å². The molecule has 0 aromatic heterocycles. The van der Waals surface area contributed by atoms with Gasteiger partial charge in [0.15, 0.2) is 5.96 Å². The normalized spacial score (nSPS) is 11.7. The van der Waals surface area contributed by atoms with Gasteiger partial charge in [-0.15, -0.1) is 37.1 Å². The van der Waals surface area contributed by atoms with Crippen LogP contribution in [0.25, 0.3) is 0 Å². The van der Waals surface area contributed by atoms with Crippen LogP contribution in [0.1, 0.15) is 5.56 Å². The van der Waals surface area contributed by atoms with Gasteiger partial charge in [0.1, 0.15) is 17.4 Å². The zero-order chi connectivity index (χ0) is 18.4. The van der Waals surface area contributed by atoms with Gasteiger partial charge in [0.05, 0.1) is 0 Å². The minimum absolute atomic E-state index is 0. The molecule has 0 heterocycles. The van der Waals surface area contributed by atoms with Crippen LogP contribution in [0, 0.1) is 11.6 Å². The highest BCUT2D eigenvalue weighted by molar-refractivity contribution is 14.0. The maximum absolute atomic E-state index is 13.4. The van der Waals surface area contributed by atoms with Gasteiger partial charge in [-0.25, -0.2) is 8.78 Å². The molecule has 4 nitrogen and oxygen atoms in total. The fraction of sp³-hybridized carbons (Fsp3) is 0.188. The van der Waals surface area contributed by atoms with E-state index >= 15 is 0 Å². The summed E-state index contributed by atoms with van der Waals surface area (Å²) in [5, 5.41) is 2.65. The van der Waals surface area contributed by atoms with Crippen molar-refractivity contribution in [2.45, 2.75) is 12.8 Å². The number of alkyl halides is 3. The largest absolute Gasteiger partial charge is 0.573 e. The Balaban J connectivity index is 0.00000338. The molecule has 0 fully saturated rings. The molecular weight excluding hydrogens is 472 g/mol. The molecule has 0 aliphatic heterocycles. The number of hydrogen-bond donors (Lipinski definition) is 2. The standard InChI is InChI=1S/C16H14F5N3O.HI/c17-13-2-1-3-14(18)12(13)8-9-23-15(22)24-10-4-6-11(7-5-10)25-16(19,20)21;/h1-7H,8-9H2,(H3,22,23,24);1H. The van der Waals surface area contributed by atoms with Crippen LogP contribution in [-0.2, 0) is 6.42 Å². The maximum Gasteiger partial charge on any atom is 0.573 e. The Kier molecular flexibility index (Phi) is 8.06. The summed E-state index contributed by atoms with van der Waals surface area (Å²) in [5.41, 5.74) is 5.92. The number of nitrogens with two attached hydrogens (primary N) is 1. The minimum atomic E-state index is -4.77. The van der Waals surface area contributed by atoms with Crippen molar-refractivity contribution >= 4 is 35.6 Å². The average molecular weight is 487 g/mol. The first-order chi connectivity index (χ1) is 11.7. The number of anilines is 1. The van der Waals surface area contributed by atoms with Gasteiger partial charge in [-0.3, -0.25) is 4.99 Å². The fourth-order valence-electron chi connectivity index (χ4n) is 1.99. The van der Waals surface area contributed by atoms with Crippen LogP contribution in [0.2, 0.25) is 0 Å². The zero-order valence-corrected chi connectivity index (χ0v) is 15.5. The van der Waals surface area contributed by atoms with Crippen LogP contribution in [0.4, 0.5) is 27.6 Å². The topological polar surface area (TPSA) is 59.6 Å². The SMILES string of the molecule is I.NC(=NCCc1c(F)cccc1F)Nc1ccc(OC(F)(F)F)cc1. The summed E-state index contributed by atoms with van der Waals surface area (Å²) in [7, 11) is 0. The van der Waals surface area contributed by atoms with E-state index in [0.29, 0.717) is 5.69 Å². The molecule has 0 spiro atoms. The molecule has 0 saturated heterocycles. The van der Waals surface area contributed by atoms with Gasteiger partial charge >= 0.3 is 6.36 Å². The second kappa shape index (κ2) is 9.55. The Morgan fingerprint density at radius 2 is 1.62 bits per heavy atom. The monoisotopic (exact) mass is 487 g/mol. The molecule has 26 heavy (non-hydrogen) atoms. The maximum atomic E-state index is 13.4. The Hall–Kier alpha value is -2.11. The summed E-state index contributed by atoms with van der Waals surface area (Å²) in [6, 6.07) is 8.41. The third-order valence-electron chi connectivity index (χ3n) is 3.07. The number of nitrogens with one attached hydrogen (secondary N) is 1. The van der Waals surface area contributed by atoms with Gasteiger partial charge in [-0.05, 0) is 42.8 Å². The Morgan fingerprint density at radius 3 is 2.15 bits per heavy atom. The number of ether oxygens (including phenoxy) is 1. The van der Waals surface area contributed by atoms with Crippen molar-refractivity contribution in [2.75, 3.05) is 11.9 Å². The van der Waals surface area contributed by atoms with E-state index in [-0.39, 0.29) is 54.2 Å². The highest BCUT2D eigenvalue weighted by atomic mass is 127. The van der Waals surface area contributed by atoms with Crippen LogP contribution in [-0.4, -0.2) is 18.9 Å². The number of nitrogens with zero attached hydrogens (tertiary/aromatic N) is 1. The Labute approximate surface area is 163 Å². The molecule has 0 aliphatic carbocycles. The highest BCUT2D eigenvalue weighted by Gasteiger charge is 2.30. The van der Waals surface area contributed by atoms with Crippen molar-refractivity contribution in [1.82, 2.24) is 0 Å². The number of rotatable bonds is 5. The van der Waals surface area contributed by atoms with Gasteiger partial charge in [0, 0.05) is 17.8 Å². The molecule has 2 rings (SSSR count). The first-order valence-electron chi connectivity index (χ1n) is 7.10. The van der Waals surface area contributed by atoms with Crippen molar-refractivity contribution in [3.63, 3.8) is 0 Å². The van der Waals surface area contributed by atoms with Gasteiger partial charge in [-0.1, -0.05) is 6.07 Å². The molecule has 10 heteroatoms. The molecule has 0 aliphatic rings. The molecule has 3 N–H and O–H groups in total. The average Bonchev–Trinajstić information content (AvgIpc) is 2.51.